The van der Waals surface area contributed by atoms with Gasteiger partial charge < -0.3 is 10.1 Å². The van der Waals surface area contributed by atoms with Gasteiger partial charge in [0.2, 0.25) is 10.0 Å². The van der Waals surface area contributed by atoms with Crippen molar-refractivity contribution in [2.45, 2.75) is 32.1 Å². The molecule has 6 nitrogen and oxygen atoms in total. The van der Waals surface area contributed by atoms with E-state index in [1.807, 2.05) is 19.1 Å². The summed E-state index contributed by atoms with van der Waals surface area (Å²) in [6.07, 6.45) is 1.04. The smallest absolute Gasteiger partial charge is 0.255 e. The van der Waals surface area contributed by atoms with Crippen molar-refractivity contribution in [1.29, 1.82) is 0 Å². The zero-order chi connectivity index (χ0) is 21.0. The topological polar surface area (TPSA) is 75.7 Å². The van der Waals surface area contributed by atoms with Crippen molar-refractivity contribution >= 4 is 21.6 Å². The predicted molar refractivity (Wildman–Crippen MR) is 114 cm³/mol. The van der Waals surface area contributed by atoms with Crippen LogP contribution in [0.2, 0.25) is 0 Å². The Kier molecular flexibility index (Phi) is 6.59. The van der Waals surface area contributed by atoms with Crippen molar-refractivity contribution in [3.8, 4) is 5.75 Å². The molecule has 1 heterocycles. The second-order valence-electron chi connectivity index (χ2n) is 7.68. The quantitative estimate of drug-likeness (QED) is 0.772. The van der Waals surface area contributed by atoms with E-state index in [-0.39, 0.29) is 10.8 Å². The van der Waals surface area contributed by atoms with Crippen LogP contribution in [0.3, 0.4) is 0 Å². The van der Waals surface area contributed by atoms with Crippen LogP contribution in [0, 0.1) is 11.8 Å². The summed E-state index contributed by atoms with van der Waals surface area (Å²) < 4.78 is 33.0. The molecule has 0 saturated carbocycles. The number of nitrogens with zero attached hydrogens (tertiary/aromatic N) is 1. The highest BCUT2D eigenvalue weighted by atomic mass is 32.2. The zero-order valence-electron chi connectivity index (χ0n) is 17.1. The molecule has 0 bridgehead atoms. The third kappa shape index (κ3) is 4.97. The minimum atomic E-state index is -3.56. The Morgan fingerprint density at radius 2 is 1.69 bits per heavy atom. The van der Waals surface area contributed by atoms with Gasteiger partial charge in [0.05, 0.1) is 17.2 Å². The summed E-state index contributed by atoms with van der Waals surface area (Å²) in [7, 11) is -3.56. The summed E-state index contributed by atoms with van der Waals surface area (Å²) >= 11 is 0. The maximum Gasteiger partial charge on any atom is 0.255 e. The first-order valence-electron chi connectivity index (χ1n) is 9.94. The average molecular weight is 417 g/mol. The van der Waals surface area contributed by atoms with Gasteiger partial charge in [0.15, 0.2) is 0 Å². The van der Waals surface area contributed by atoms with E-state index < -0.39 is 10.0 Å². The molecule has 2 aromatic carbocycles. The Balaban J connectivity index is 1.75. The Hall–Kier alpha value is -2.38. The van der Waals surface area contributed by atoms with E-state index in [0.29, 0.717) is 48.5 Å². The molecule has 0 spiro atoms. The molecule has 3 rings (SSSR count). The highest BCUT2D eigenvalue weighted by Gasteiger charge is 2.31. The molecule has 1 saturated heterocycles. The maximum atomic E-state index is 13.0. The molecule has 0 radical (unpaired) electrons. The van der Waals surface area contributed by atoms with Gasteiger partial charge in [-0.3, -0.25) is 4.79 Å². The van der Waals surface area contributed by atoms with Crippen molar-refractivity contribution in [3.05, 3.63) is 54.1 Å². The predicted octanol–water partition coefficient (Wildman–Crippen LogP) is 4.00. The van der Waals surface area contributed by atoms with Crippen LogP contribution in [0.5, 0.6) is 5.75 Å². The normalized spacial score (nSPS) is 20.2. The highest BCUT2D eigenvalue weighted by molar-refractivity contribution is 7.89. The molecule has 0 aromatic heterocycles. The lowest BCUT2D eigenvalue weighted by atomic mass is 9.94. The van der Waals surface area contributed by atoms with Gasteiger partial charge in [-0.05, 0) is 61.6 Å². The number of hydrogen-bond acceptors (Lipinski definition) is 4. The van der Waals surface area contributed by atoms with Crippen LogP contribution >= 0.6 is 0 Å². The monoisotopic (exact) mass is 416 g/mol. The molecular formula is C22H28N2O4S. The number of ether oxygens (including phenoxy) is 1. The molecule has 2 aromatic rings. The van der Waals surface area contributed by atoms with Gasteiger partial charge in [0.25, 0.3) is 5.91 Å². The van der Waals surface area contributed by atoms with Gasteiger partial charge in [-0.1, -0.05) is 26.0 Å². The van der Waals surface area contributed by atoms with E-state index in [9.17, 15) is 13.2 Å². The fourth-order valence-corrected chi connectivity index (χ4v) is 5.45. The molecule has 1 aliphatic heterocycles. The molecule has 7 heteroatoms. The van der Waals surface area contributed by atoms with Crippen molar-refractivity contribution < 1.29 is 17.9 Å². The molecule has 1 N–H and O–H groups in total. The third-order valence-electron chi connectivity index (χ3n) is 5.02. The Bertz CT molecular complexity index is 947. The lowest BCUT2D eigenvalue weighted by Crippen LogP contribution is -2.42. The van der Waals surface area contributed by atoms with Crippen LogP contribution < -0.4 is 10.1 Å². The van der Waals surface area contributed by atoms with Gasteiger partial charge in [0, 0.05) is 18.7 Å². The van der Waals surface area contributed by atoms with Crippen LogP contribution in [0.25, 0.3) is 0 Å². The first-order valence-corrected chi connectivity index (χ1v) is 11.4. The Morgan fingerprint density at radius 3 is 2.31 bits per heavy atom. The number of hydrogen-bond donors (Lipinski definition) is 1. The second-order valence-corrected chi connectivity index (χ2v) is 9.61. The number of rotatable bonds is 6. The van der Waals surface area contributed by atoms with Crippen LogP contribution in [-0.4, -0.2) is 38.3 Å². The number of piperidine rings is 1. The van der Waals surface area contributed by atoms with Gasteiger partial charge >= 0.3 is 0 Å². The van der Waals surface area contributed by atoms with E-state index >= 15 is 0 Å². The van der Waals surface area contributed by atoms with Crippen LogP contribution in [-0.2, 0) is 10.0 Å². The number of carbonyl (C=O) groups is 1. The number of amides is 1. The molecule has 156 valence electrons. The average Bonchev–Trinajstić information content (AvgIpc) is 2.69. The number of benzene rings is 2. The van der Waals surface area contributed by atoms with E-state index in [1.165, 1.54) is 12.1 Å². The summed E-state index contributed by atoms with van der Waals surface area (Å²) in [4.78, 5) is 12.8. The molecule has 1 amide bonds. The lowest BCUT2D eigenvalue weighted by molar-refractivity contribution is 0.102. The molecule has 0 unspecified atom stereocenters. The highest BCUT2D eigenvalue weighted by Crippen LogP contribution is 2.27. The summed E-state index contributed by atoms with van der Waals surface area (Å²) in [5.74, 6) is 0.949. The molecule has 2 atom stereocenters. The van der Waals surface area contributed by atoms with Gasteiger partial charge in [-0.2, -0.15) is 4.31 Å². The molecule has 29 heavy (non-hydrogen) atoms. The lowest BCUT2D eigenvalue weighted by Gasteiger charge is -2.34. The fraction of sp³-hybridized carbons (Fsp3) is 0.409. The first kappa shape index (κ1) is 21.3. The van der Waals surface area contributed by atoms with E-state index in [1.54, 1.807) is 28.6 Å². The summed E-state index contributed by atoms with van der Waals surface area (Å²) in [5.41, 5.74) is 0.961. The van der Waals surface area contributed by atoms with Crippen LogP contribution in [0.1, 0.15) is 37.6 Å². The van der Waals surface area contributed by atoms with E-state index in [0.717, 1.165) is 6.42 Å². The maximum absolute atomic E-state index is 13.0. The number of sulfonamides is 1. The summed E-state index contributed by atoms with van der Waals surface area (Å²) in [5, 5.41) is 2.82. The van der Waals surface area contributed by atoms with E-state index in [2.05, 4.69) is 19.2 Å². The largest absolute Gasteiger partial charge is 0.492 e. The number of anilines is 1. The van der Waals surface area contributed by atoms with Crippen molar-refractivity contribution in [2.24, 2.45) is 11.8 Å². The fourth-order valence-electron chi connectivity index (χ4n) is 3.78. The molecule has 0 aliphatic carbocycles. The SMILES string of the molecule is CCOc1ccccc1NC(=O)c1ccc(S(=O)(=O)N2C[C@@H](C)C[C@H](C)C2)cc1. The van der Waals surface area contributed by atoms with Crippen LogP contribution in [0.15, 0.2) is 53.4 Å². The zero-order valence-corrected chi connectivity index (χ0v) is 17.9. The minimum Gasteiger partial charge on any atom is -0.492 e. The van der Waals surface area contributed by atoms with Crippen LogP contribution in [0.4, 0.5) is 5.69 Å². The molecule has 1 fully saturated rings. The molecule has 1 aliphatic rings. The summed E-state index contributed by atoms with van der Waals surface area (Å²) in [6, 6.07) is 13.3. The van der Waals surface area contributed by atoms with E-state index in [4.69, 9.17) is 4.74 Å². The van der Waals surface area contributed by atoms with Crippen molar-refractivity contribution in [2.75, 3.05) is 25.0 Å². The standard InChI is InChI=1S/C22H28N2O4S/c1-4-28-21-8-6-5-7-20(21)23-22(25)18-9-11-19(12-10-18)29(26,27)24-14-16(2)13-17(3)15-24/h5-12,16-17H,4,13-15H2,1-3H3,(H,23,25)/t16-,17-/m0/s1. The summed E-state index contributed by atoms with van der Waals surface area (Å²) in [6.45, 7) is 7.58. The second kappa shape index (κ2) is 8.97. The minimum absolute atomic E-state index is 0.213. The van der Waals surface area contributed by atoms with Gasteiger partial charge in [-0.15, -0.1) is 0 Å². The van der Waals surface area contributed by atoms with Gasteiger partial charge in [-0.25, -0.2) is 8.42 Å². The number of para-hydroxylation sites is 2. The number of carbonyl (C=O) groups excluding carboxylic acids is 1. The van der Waals surface area contributed by atoms with Gasteiger partial charge in [0.1, 0.15) is 5.75 Å². The number of nitrogens with one attached hydrogen (secondary N) is 1. The molecular weight excluding hydrogens is 388 g/mol. The first-order chi connectivity index (χ1) is 13.8. The Labute approximate surface area is 172 Å². The Morgan fingerprint density at radius 1 is 1.07 bits per heavy atom. The third-order valence-corrected chi connectivity index (χ3v) is 6.87. The van der Waals surface area contributed by atoms with Crippen molar-refractivity contribution in [3.63, 3.8) is 0 Å². The van der Waals surface area contributed by atoms with Crippen molar-refractivity contribution in [1.82, 2.24) is 4.31 Å².